The van der Waals surface area contributed by atoms with E-state index in [4.69, 9.17) is 4.84 Å². The van der Waals surface area contributed by atoms with Crippen molar-refractivity contribution in [2.75, 3.05) is 0 Å². The molecule has 23 heteroatoms. The van der Waals surface area contributed by atoms with Crippen molar-refractivity contribution in [3.63, 3.8) is 0 Å². The highest BCUT2D eigenvalue weighted by molar-refractivity contribution is 7.20. The van der Waals surface area contributed by atoms with Gasteiger partial charge in [0.25, 0.3) is 0 Å². The molecule has 0 aliphatic carbocycles. The molecule has 5 aromatic carbocycles. The predicted molar refractivity (Wildman–Crippen MR) is 172 cm³/mol. The summed E-state index contributed by atoms with van der Waals surface area (Å²) in [7, 11) is 0. The number of halogens is 20. The van der Waals surface area contributed by atoms with Crippen LogP contribution in [0.1, 0.15) is 25.3 Å². The van der Waals surface area contributed by atoms with Crippen LogP contribution in [-0.4, -0.2) is 6.15 Å². The Morgan fingerprint density at radius 3 is 0.803 bits per heavy atom. The van der Waals surface area contributed by atoms with Crippen molar-refractivity contribution in [1.29, 1.82) is 0 Å². The number of benzene rings is 5. The molecule has 0 aliphatic heterocycles. The van der Waals surface area contributed by atoms with Gasteiger partial charge in [-0.25, -0.2) is 92.6 Å². The lowest BCUT2D eigenvalue weighted by atomic mass is 9.12. The lowest BCUT2D eigenvalue weighted by molar-refractivity contribution is -0.875. The Morgan fingerprint density at radius 1 is 0.344 bits per heavy atom. The third-order valence-electron chi connectivity index (χ3n) is 9.15. The molecule has 6 aromatic rings. The fraction of sp³-hybridized carbons (Fsp3) is 0.0789. The van der Waals surface area contributed by atoms with Crippen LogP contribution in [0.2, 0.25) is 0 Å². The smallest absolute Gasteiger partial charge is 0.223 e. The molecule has 322 valence electrons. The molecular weight excluding hydrogens is 877 g/mol. The fourth-order valence-corrected chi connectivity index (χ4v) is 6.35. The zero-order valence-electron chi connectivity index (χ0n) is 29.8. The number of hydrogen-bond acceptors (Lipinski definition) is 1. The van der Waals surface area contributed by atoms with E-state index in [0.717, 1.165) is 5.75 Å². The molecule has 0 bridgehead atoms. The minimum absolute atomic E-state index is 0.554. The first-order valence-corrected chi connectivity index (χ1v) is 16.4. The standard InChI is InChI=1S/C24BF20.C14H16NO/c26-5-1(6(27)14(35)21(42)13(5)34)25(2-7(28)15(36)22(43)16(37)8(2)29,3-9(30)17(38)23(44)18(39)10(3)31)4-11(32)19(40)24(45)20(41)12(4)33;1-12(2)13-6-8-14(9-7-13)16-15-10-4-3-5-11-15/h;3-12H,1-2H3/q-1;+1. The molecule has 0 radical (unpaired) electrons. The minimum Gasteiger partial charge on any atom is -0.232 e. The van der Waals surface area contributed by atoms with Gasteiger partial charge in [0.1, 0.15) is 52.7 Å². The first kappa shape index (κ1) is 45.8. The maximum Gasteiger partial charge on any atom is 0.223 e. The Balaban J connectivity index is 0.000000366. The largest absolute Gasteiger partial charge is 0.232 e. The highest BCUT2D eigenvalue weighted by atomic mass is 19.2. The number of hydrogen-bond donors (Lipinski definition) is 0. The van der Waals surface area contributed by atoms with Crippen LogP contribution in [0.4, 0.5) is 87.8 Å². The Morgan fingerprint density at radius 2 is 0.574 bits per heavy atom. The van der Waals surface area contributed by atoms with E-state index in [1.54, 1.807) is 4.73 Å². The minimum atomic E-state index is -7.22. The van der Waals surface area contributed by atoms with E-state index in [2.05, 4.69) is 26.0 Å². The molecule has 0 unspecified atom stereocenters. The second kappa shape index (κ2) is 17.0. The van der Waals surface area contributed by atoms with Crippen LogP contribution >= 0.6 is 0 Å². The molecule has 0 N–H and O–H groups in total. The van der Waals surface area contributed by atoms with E-state index < -0.39 is 144 Å². The highest BCUT2D eigenvalue weighted by Gasteiger charge is 2.52. The summed E-state index contributed by atoms with van der Waals surface area (Å²) in [5.41, 5.74) is -13.0. The average molecular weight is 893 g/mol. The lowest BCUT2D eigenvalue weighted by Crippen LogP contribution is -2.81. The first-order valence-electron chi connectivity index (χ1n) is 16.4. The van der Waals surface area contributed by atoms with Gasteiger partial charge in [-0.3, -0.25) is 0 Å². The van der Waals surface area contributed by atoms with Crippen molar-refractivity contribution in [3.05, 3.63) is 177 Å². The maximum absolute atomic E-state index is 15.4. The van der Waals surface area contributed by atoms with Gasteiger partial charge in [-0.15, -0.1) is 21.9 Å². The van der Waals surface area contributed by atoms with Crippen LogP contribution in [0, 0.1) is 116 Å². The zero-order valence-corrected chi connectivity index (χ0v) is 29.8. The van der Waals surface area contributed by atoms with Gasteiger partial charge in [0, 0.05) is 16.9 Å². The van der Waals surface area contributed by atoms with Crippen LogP contribution in [0.3, 0.4) is 0 Å². The van der Waals surface area contributed by atoms with E-state index >= 15 is 35.1 Å². The van der Waals surface area contributed by atoms with Crippen LogP contribution < -0.4 is 31.4 Å². The summed E-state index contributed by atoms with van der Waals surface area (Å²) in [6.45, 7) is 4.36. The van der Waals surface area contributed by atoms with Gasteiger partial charge >= 0.3 is 0 Å². The Labute approximate surface area is 327 Å². The summed E-state index contributed by atoms with van der Waals surface area (Å²) < 4.78 is 296. The zero-order chi connectivity index (χ0) is 45.7. The Bertz CT molecular complexity index is 2310. The molecule has 6 rings (SSSR count). The van der Waals surface area contributed by atoms with Crippen molar-refractivity contribution in [1.82, 2.24) is 0 Å². The normalized spacial score (nSPS) is 11.6. The first-order chi connectivity index (χ1) is 28.5. The summed E-state index contributed by atoms with van der Waals surface area (Å²) in [6.07, 6.45) is -3.47. The van der Waals surface area contributed by atoms with Crippen LogP contribution in [0.15, 0.2) is 54.9 Å². The van der Waals surface area contributed by atoms with Gasteiger partial charge in [0.15, 0.2) is 69.8 Å². The second-order valence-corrected chi connectivity index (χ2v) is 12.9. The number of rotatable bonds is 7. The van der Waals surface area contributed by atoms with Crippen molar-refractivity contribution >= 4 is 28.0 Å². The molecule has 2 nitrogen and oxygen atoms in total. The van der Waals surface area contributed by atoms with Gasteiger partial charge in [-0.2, -0.15) is 0 Å². The van der Waals surface area contributed by atoms with Crippen LogP contribution in [-0.2, 0) is 0 Å². The average Bonchev–Trinajstić information content (AvgIpc) is 3.24. The molecule has 0 saturated carbocycles. The van der Waals surface area contributed by atoms with Crippen molar-refractivity contribution in [3.8, 4) is 5.75 Å². The molecule has 1 aromatic heterocycles. The third kappa shape index (κ3) is 7.36. The Hall–Kier alpha value is -6.29. The Kier molecular flexibility index (Phi) is 12.8. The predicted octanol–water partition coefficient (Wildman–Crippen LogP) is 8.79. The lowest BCUT2D eigenvalue weighted by Gasteiger charge is -2.44. The van der Waals surface area contributed by atoms with Gasteiger partial charge in [-0.05, 0) is 23.6 Å². The van der Waals surface area contributed by atoms with Gasteiger partial charge in [0.2, 0.25) is 18.1 Å². The molecule has 1 heterocycles. The van der Waals surface area contributed by atoms with Gasteiger partial charge in [-0.1, -0.05) is 32.0 Å². The molecule has 0 aliphatic rings. The SMILES string of the molecule is CC(C)c1ccc(O[n+]2ccccc2)cc1.Fc1c(F)c(F)c([B-](c2c(F)c(F)c(F)c(F)c2F)(c2c(F)c(F)c(F)c(F)c2F)c2c(F)c(F)c(F)c(F)c2F)c(F)c1F. The molecule has 0 amide bonds. The molecule has 0 fully saturated rings. The monoisotopic (exact) mass is 893 g/mol. The second-order valence-electron chi connectivity index (χ2n) is 12.9. The van der Waals surface area contributed by atoms with Gasteiger partial charge in [0.05, 0.1) is 0 Å². The number of pyridine rings is 1. The summed E-state index contributed by atoms with van der Waals surface area (Å²) >= 11 is 0. The van der Waals surface area contributed by atoms with E-state index in [1.807, 2.05) is 42.7 Å². The van der Waals surface area contributed by atoms with E-state index in [9.17, 15) is 52.7 Å². The van der Waals surface area contributed by atoms with Crippen molar-refractivity contribution < 1.29 is 97.4 Å². The van der Waals surface area contributed by atoms with Crippen LogP contribution in [0.5, 0.6) is 5.75 Å². The molecular formula is C38H16BF20NO. The number of aromatic nitrogens is 1. The topological polar surface area (TPSA) is 13.1 Å². The summed E-state index contributed by atoms with van der Waals surface area (Å²) in [6, 6.07) is 14.0. The van der Waals surface area contributed by atoms with E-state index in [-0.39, 0.29) is 0 Å². The van der Waals surface area contributed by atoms with Crippen molar-refractivity contribution in [2.24, 2.45) is 0 Å². The number of nitrogens with zero attached hydrogens (tertiary/aromatic N) is 1. The summed E-state index contributed by atoms with van der Waals surface area (Å²) in [4.78, 5) is 5.63. The highest BCUT2D eigenvalue weighted by Crippen LogP contribution is 2.31. The molecule has 61 heavy (non-hydrogen) atoms. The molecule has 0 saturated heterocycles. The summed E-state index contributed by atoms with van der Waals surface area (Å²) in [5, 5.41) is 0. The van der Waals surface area contributed by atoms with E-state index in [0.29, 0.717) is 5.92 Å². The third-order valence-corrected chi connectivity index (χ3v) is 9.15. The fourth-order valence-electron chi connectivity index (χ4n) is 6.35. The molecule has 0 atom stereocenters. The summed E-state index contributed by atoms with van der Waals surface area (Å²) in [5.74, 6) is -70.0. The van der Waals surface area contributed by atoms with Crippen LogP contribution in [0.25, 0.3) is 0 Å². The quantitative estimate of drug-likeness (QED) is 0.0514. The van der Waals surface area contributed by atoms with Crippen molar-refractivity contribution in [2.45, 2.75) is 19.8 Å². The van der Waals surface area contributed by atoms with Gasteiger partial charge < -0.3 is 0 Å². The maximum atomic E-state index is 15.4. The van der Waals surface area contributed by atoms with E-state index in [1.165, 1.54) is 5.56 Å². The molecule has 0 spiro atoms.